The van der Waals surface area contributed by atoms with Gasteiger partial charge in [-0.1, -0.05) is 6.07 Å². The molecule has 1 saturated heterocycles. The highest BCUT2D eigenvalue weighted by atomic mass is 19.1. The number of nitrogens with zero attached hydrogens (tertiary/aromatic N) is 2. The van der Waals surface area contributed by atoms with Gasteiger partial charge < -0.3 is 5.32 Å². The summed E-state index contributed by atoms with van der Waals surface area (Å²) in [6.07, 6.45) is 3.05. The summed E-state index contributed by atoms with van der Waals surface area (Å²) in [7, 11) is 0. The van der Waals surface area contributed by atoms with Gasteiger partial charge in [-0.2, -0.15) is 0 Å². The average Bonchev–Trinajstić information content (AvgIpc) is 3.01. The molecule has 6 heteroatoms. The molecule has 0 radical (unpaired) electrons. The van der Waals surface area contributed by atoms with Gasteiger partial charge in [0.1, 0.15) is 12.0 Å². The summed E-state index contributed by atoms with van der Waals surface area (Å²) < 4.78 is 13.1. The summed E-state index contributed by atoms with van der Waals surface area (Å²) in [4.78, 5) is 16.8. The Morgan fingerprint density at radius 1 is 1.17 bits per heavy atom. The number of nitrogens with one attached hydrogen (secondary N) is 2. The van der Waals surface area contributed by atoms with Crippen LogP contribution >= 0.6 is 0 Å². The predicted octanol–water partition coefficient (Wildman–Crippen LogP) is 1.62. The lowest BCUT2D eigenvalue weighted by molar-refractivity contribution is -0.130. The molecule has 1 aromatic heterocycles. The normalized spacial score (nSPS) is 23.3. The number of hydrogen-bond acceptors (Lipinski definition) is 4. The number of carbonyl (C=O) groups excluding carboxylic acids is 1. The number of carbonyl (C=O) groups is 1. The third kappa shape index (κ3) is 2.47. The zero-order chi connectivity index (χ0) is 15.8. The van der Waals surface area contributed by atoms with E-state index in [-0.39, 0.29) is 23.8 Å². The van der Waals surface area contributed by atoms with Crippen molar-refractivity contribution in [3.05, 3.63) is 71.8 Å². The highest BCUT2D eigenvalue weighted by Crippen LogP contribution is 2.29. The van der Waals surface area contributed by atoms with Crippen molar-refractivity contribution >= 4 is 11.6 Å². The lowest BCUT2D eigenvalue weighted by atomic mass is 10.00. The lowest BCUT2D eigenvalue weighted by Crippen LogP contribution is -2.52. The van der Waals surface area contributed by atoms with Gasteiger partial charge in [0.2, 0.25) is 0 Å². The van der Waals surface area contributed by atoms with Crippen LogP contribution in [0.3, 0.4) is 0 Å². The van der Waals surface area contributed by atoms with Gasteiger partial charge in [-0.25, -0.2) is 9.82 Å². The topological polar surface area (TPSA) is 57.3 Å². The minimum Gasteiger partial charge on any atom is -0.363 e. The Labute approximate surface area is 132 Å². The van der Waals surface area contributed by atoms with Gasteiger partial charge in [0.25, 0.3) is 5.91 Å². The second-order valence-electron chi connectivity index (χ2n) is 5.59. The summed E-state index contributed by atoms with van der Waals surface area (Å²) >= 11 is 0. The summed E-state index contributed by atoms with van der Waals surface area (Å²) in [5.74, 6) is -0.372. The summed E-state index contributed by atoms with van der Waals surface area (Å²) in [5, 5.41) is 4.96. The van der Waals surface area contributed by atoms with Crippen LogP contribution in [0.5, 0.6) is 0 Å². The molecule has 1 fully saturated rings. The standard InChI is InChI=1S/C17H15FN4O/c18-12-6-4-11(5-7-12)15-9-16(23)22-17(21-15)13(10-20-22)14-3-1-2-8-19-14/h1-9,13,17,20-21H,10H2. The Kier molecular flexibility index (Phi) is 3.31. The van der Waals surface area contributed by atoms with Gasteiger partial charge in [0.15, 0.2) is 0 Å². The van der Waals surface area contributed by atoms with Crippen LogP contribution in [-0.2, 0) is 4.79 Å². The zero-order valence-electron chi connectivity index (χ0n) is 12.2. The SMILES string of the molecule is O=C1C=C(c2ccc(F)cc2)NC2C(c3ccccn3)CNN12. The van der Waals surface area contributed by atoms with E-state index in [2.05, 4.69) is 15.7 Å². The van der Waals surface area contributed by atoms with Crippen LogP contribution in [0.4, 0.5) is 4.39 Å². The Balaban J connectivity index is 1.65. The Morgan fingerprint density at radius 3 is 2.74 bits per heavy atom. The first kappa shape index (κ1) is 13.9. The number of amides is 1. The lowest BCUT2D eigenvalue weighted by Gasteiger charge is -2.32. The maximum Gasteiger partial charge on any atom is 0.264 e. The molecule has 2 N–H and O–H groups in total. The smallest absolute Gasteiger partial charge is 0.264 e. The molecule has 0 spiro atoms. The molecule has 2 aliphatic rings. The molecule has 2 unspecified atom stereocenters. The van der Waals surface area contributed by atoms with Crippen molar-refractivity contribution in [3.8, 4) is 0 Å². The van der Waals surface area contributed by atoms with Gasteiger partial charge >= 0.3 is 0 Å². The van der Waals surface area contributed by atoms with E-state index in [4.69, 9.17) is 0 Å². The minimum absolute atomic E-state index is 0.0456. The molecule has 23 heavy (non-hydrogen) atoms. The third-order valence-corrected chi connectivity index (χ3v) is 4.17. The minimum atomic E-state index is -0.299. The van der Waals surface area contributed by atoms with Crippen molar-refractivity contribution in [2.75, 3.05) is 6.54 Å². The molecule has 0 saturated carbocycles. The van der Waals surface area contributed by atoms with Crippen LogP contribution in [0.25, 0.3) is 5.70 Å². The van der Waals surface area contributed by atoms with Crippen molar-refractivity contribution in [2.45, 2.75) is 12.1 Å². The molecule has 4 rings (SSSR count). The molecule has 116 valence electrons. The van der Waals surface area contributed by atoms with Crippen LogP contribution in [0.2, 0.25) is 0 Å². The molecule has 0 bridgehead atoms. The second kappa shape index (κ2) is 5.48. The van der Waals surface area contributed by atoms with E-state index in [1.165, 1.54) is 18.2 Å². The van der Waals surface area contributed by atoms with E-state index >= 15 is 0 Å². The molecule has 0 aliphatic carbocycles. The van der Waals surface area contributed by atoms with Crippen LogP contribution in [0.15, 0.2) is 54.7 Å². The quantitative estimate of drug-likeness (QED) is 0.885. The molecule has 1 amide bonds. The second-order valence-corrected chi connectivity index (χ2v) is 5.59. The first-order chi connectivity index (χ1) is 11.2. The number of aromatic nitrogens is 1. The van der Waals surface area contributed by atoms with E-state index < -0.39 is 0 Å². The number of fused-ring (bicyclic) bond motifs is 1. The zero-order valence-corrected chi connectivity index (χ0v) is 12.2. The number of rotatable bonds is 2. The van der Waals surface area contributed by atoms with E-state index in [1.54, 1.807) is 23.3 Å². The van der Waals surface area contributed by atoms with Crippen molar-refractivity contribution in [1.29, 1.82) is 0 Å². The fourth-order valence-electron chi connectivity index (χ4n) is 3.02. The Morgan fingerprint density at radius 2 is 2.00 bits per heavy atom. The van der Waals surface area contributed by atoms with Crippen molar-refractivity contribution in [2.24, 2.45) is 0 Å². The number of hydrazine groups is 1. The molecule has 2 aromatic rings. The summed E-state index contributed by atoms with van der Waals surface area (Å²) in [5.41, 5.74) is 5.52. The van der Waals surface area contributed by atoms with Crippen LogP contribution in [-0.4, -0.2) is 28.6 Å². The fraction of sp³-hybridized carbons (Fsp3) is 0.176. The average molecular weight is 310 g/mol. The number of halogens is 1. The van der Waals surface area contributed by atoms with Crippen molar-refractivity contribution in [1.82, 2.24) is 20.7 Å². The monoisotopic (exact) mass is 310 g/mol. The molecular formula is C17H15FN4O. The van der Waals surface area contributed by atoms with Gasteiger partial charge in [0.05, 0.1) is 5.92 Å². The molecule has 2 atom stereocenters. The van der Waals surface area contributed by atoms with Crippen LogP contribution in [0.1, 0.15) is 17.2 Å². The molecule has 3 heterocycles. The number of pyridine rings is 1. The van der Waals surface area contributed by atoms with E-state index in [0.29, 0.717) is 12.2 Å². The van der Waals surface area contributed by atoms with Gasteiger partial charge in [0, 0.05) is 30.2 Å². The molecular weight excluding hydrogens is 295 g/mol. The van der Waals surface area contributed by atoms with Crippen LogP contribution in [0, 0.1) is 5.82 Å². The fourth-order valence-corrected chi connectivity index (χ4v) is 3.02. The number of benzene rings is 1. The van der Waals surface area contributed by atoms with Crippen molar-refractivity contribution in [3.63, 3.8) is 0 Å². The first-order valence-corrected chi connectivity index (χ1v) is 7.44. The summed E-state index contributed by atoms with van der Waals surface area (Å²) in [6, 6.07) is 11.9. The molecule has 1 aromatic carbocycles. The van der Waals surface area contributed by atoms with Gasteiger partial charge in [-0.3, -0.25) is 14.8 Å². The van der Waals surface area contributed by atoms with E-state index in [9.17, 15) is 9.18 Å². The Bertz CT molecular complexity index is 760. The third-order valence-electron chi connectivity index (χ3n) is 4.17. The van der Waals surface area contributed by atoms with Gasteiger partial charge in [-0.15, -0.1) is 0 Å². The van der Waals surface area contributed by atoms with E-state index in [0.717, 1.165) is 11.3 Å². The predicted molar refractivity (Wildman–Crippen MR) is 83.1 cm³/mol. The Hall–Kier alpha value is -2.73. The van der Waals surface area contributed by atoms with Crippen molar-refractivity contribution < 1.29 is 9.18 Å². The van der Waals surface area contributed by atoms with Gasteiger partial charge in [-0.05, 0) is 42.0 Å². The van der Waals surface area contributed by atoms with Crippen LogP contribution < -0.4 is 10.7 Å². The highest BCUT2D eigenvalue weighted by molar-refractivity contribution is 5.96. The maximum atomic E-state index is 13.1. The largest absolute Gasteiger partial charge is 0.363 e. The first-order valence-electron chi connectivity index (χ1n) is 7.44. The molecule has 2 aliphatic heterocycles. The molecule has 5 nitrogen and oxygen atoms in total. The maximum absolute atomic E-state index is 13.1. The van der Waals surface area contributed by atoms with E-state index in [1.807, 2.05) is 18.2 Å². The highest BCUT2D eigenvalue weighted by Gasteiger charge is 2.41. The summed E-state index contributed by atoms with van der Waals surface area (Å²) in [6.45, 7) is 0.630. The number of hydrogen-bond donors (Lipinski definition) is 2.